The second-order valence-corrected chi connectivity index (χ2v) is 3.44. The van der Waals surface area contributed by atoms with E-state index < -0.39 is 18.8 Å². The zero-order valence-electron chi connectivity index (χ0n) is 7.06. The minimum atomic E-state index is -1.29. The molecule has 0 aliphatic heterocycles. The lowest BCUT2D eigenvalue weighted by atomic mass is 10.1. The van der Waals surface area contributed by atoms with Gasteiger partial charge in [0.2, 0.25) is 0 Å². The first kappa shape index (κ1) is 11.7. The number of pyridine rings is 1. The fourth-order valence-electron chi connectivity index (χ4n) is 0.967. The summed E-state index contributed by atoms with van der Waals surface area (Å²) in [5.74, 6) is 0. The van der Waals surface area contributed by atoms with E-state index in [4.69, 9.17) is 28.3 Å². The molecule has 1 rings (SSSR count). The van der Waals surface area contributed by atoms with Crippen LogP contribution in [0.3, 0.4) is 0 Å². The predicted octanol–water partition coefficient (Wildman–Crippen LogP) is 0.775. The summed E-state index contributed by atoms with van der Waals surface area (Å²) >= 11 is 11.3. The summed E-state index contributed by atoms with van der Waals surface area (Å²) in [6, 6.07) is 1.43. The molecule has 14 heavy (non-hydrogen) atoms. The molecule has 0 radical (unpaired) electrons. The molecule has 0 fully saturated rings. The second kappa shape index (κ2) is 4.91. The Hall–Kier alpha value is -0.390. The Labute approximate surface area is 90.7 Å². The number of aliphatic hydroxyl groups is 3. The van der Waals surface area contributed by atoms with Crippen LogP contribution in [0.25, 0.3) is 0 Å². The van der Waals surface area contributed by atoms with E-state index in [-0.39, 0.29) is 15.7 Å². The molecule has 3 N–H and O–H groups in total. The zero-order chi connectivity index (χ0) is 10.7. The highest BCUT2D eigenvalue weighted by molar-refractivity contribution is 6.41. The first-order valence-electron chi connectivity index (χ1n) is 3.84. The summed E-state index contributed by atoms with van der Waals surface area (Å²) in [6.45, 7) is -0.558. The van der Waals surface area contributed by atoms with Gasteiger partial charge in [-0.05, 0) is 6.07 Å². The van der Waals surface area contributed by atoms with Crippen molar-refractivity contribution in [1.29, 1.82) is 0 Å². The van der Waals surface area contributed by atoms with Gasteiger partial charge in [0.1, 0.15) is 17.4 Å². The van der Waals surface area contributed by atoms with Gasteiger partial charge in [0.05, 0.1) is 11.6 Å². The van der Waals surface area contributed by atoms with E-state index in [9.17, 15) is 10.2 Å². The molecule has 0 amide bonds. The van der Waals surface area contributed by atoms with Crippen LogP contribution in [0, 0.1) is 0 Å². The van der Waals surface area contributed by atoms with Crippen LogP contribution in [0.5, 0.6) is 0 Å². The minimum Gasteiger partial charge on any atom is -0.394 e. The third kappa shape index (κ3) is 2.34. The molecule has 2 atom stereocenters. The maximum Gasteiger partial charge on any atom is 0.147 e. The average Bonchev–Trinajstić information content (AvgIpc) is 2.20. The Bertz CT molecular complexity index is 321. The molecule has 0 bridgehead atoms. The number of halogens is 2. The molecule has 0 saturated carbocycles. The monoisotopic (exact) mass is 237 g/mol. The lowest BCUT2D eigenvalue weighted by Gasteiger charge is -2.16. The fraction of sp³-hybridized carbons (Fsp3) is 0.375. The maximum absolute atomic E-state index is 9.51. The van der Waals surface area contributed by atoms with Gasteiger partial charge in [-0.3, -0.25) is 0 Å². The van der Waals surface area contributed by atoms with Crippen LogP contribution >= 0.6 is 23.2 Å². The van der Waals surface area contributed by atoms with Crippen molar-refractivity contribution in [3.63, 3.8) is 0 Å². The van der Waals surface area contributed by atoms with Crippen LogP contribution in [0.4, 0.5) is 0 Å². The highest BCUT2D eigenvalue weighted by Gasteiger charge is 2.21. The Morgan fingerprint density at radius 1 is 1.36 bits per heavy atom. The van der Waals surface area contributed by atoms with Gasteiger partial charge in [0.15, 0.2) is 0 Å². The van der Waals surface area contributed by atoms with Crippen LogP contribution < -0.4 is 0 Å². The standard InChI is InChI=1S/C8H9Cl2NO3/c9-6-4(1-2-11-8(6)10)7(14)5(13)3-12/h1-2,5,7,12-14H,3H2. The van der Waals surface area contributed by atoms with Crippen LogP contribution in [-0.4, -0.2) is 33.0 Å². The smallest absolute Gasteiger partial charge is 0.147 e. The number of nitrogens with zero attached hydrogens (tertiary/aromatic N) is 1. The first-order valence-corrected chi connectivity index (χ1v) is 4.60. The largest absolute Gasteiger partial charge is 0.394 e. The first-order chi connectivity index (χ1) is 6.57. The van der Waals surface area contributed by atoms with Gasteiger partial charge in [-0.2, -0.15) is 0 Å². The van der Waals surface area contributed by atoms with Crippen molar-refractivity contribution >= 4 is 23.2 Å². The van der Waals surface area contributed by atoms with E-state index in [2.05, 4.69) is 4.98 Å². The Balaban J connectivity index is 3.01. The third-order valence-corrected chi connectivity index (χ3v) is 2.53. The molecule has 1 aromatic heterocycles. The molecule has 0 aromatic carbocycles. The molecule has 2 unspecified atom stereocenters. The topological polar surface area (TPSA) is 73.6 Å². The lowest BCUT2D eigenvalue weighted by molar-refractivity contribution is -0.0152. The van der Waals surface area contributed by atoms with Crippen LogP contribution in [0.2, 0.25) is 10.2 Å². The fourth-order valence-corrected chi connectivity index (χ4v) is 1.36. The van der Waals surface area contributed by atoms with Crippen molar-refractivity contribution in [1.82, 2.24) is 4.98 Å². The van der Waals surface area contributed by atoms with Crippen LogP contribution in [-0.2, 0) is 0 Å². The van der Waals surface area contributed by atoms with Crippen molar-refractivity contribution in [2.45, 2.75) is 12.2 Å². The van der Waals surface area contributed by atoms with Gasteiger partial charge in [-0.15, -0.1) is 0 Å². The van der Waals surface area contributed by atoms with E-state index in [1.54, 1.807) is 0 Å². The van der Waals surface area contributed by atoms with Crippen molar-refractivity contribution < 1.29 is 15.3 Å². The number of hydrogen-bond donors (Lipinski definition) is 3. The number of aliphatic hydroxyl groups excluding tert-OH is 3. The van der Waals surface area contributed by atoms with E-state index in [0.717, 1.165) is 0 Å². The molecule has 6 heteroatoms. The molecule has 0 aliphatic carbocycles. The van der Waals surface area contributed by atoms with E-state index in [1.807, 2.05) is 0 Å². The average molecular weight is 238 g/mol. The second-order valence-electron chi connectivity index (χ2n) is 2.70. The van der Waals surface area contributed by atoms with E-state index in [0.29, 0.717) is 0 Å². The predicted molar refractivity (Wildman–Crippen MR) is 52.3 cm³/mol. The number of aromatic nitrogens is 1. The van der Waals surface area contributed by atoms with Gasteiger partial charge in [-0.25, -0.2) is 4.98 Å². The van der Waals surface area contributed by atoms with Gasteiger partial charge in [0.25, 0.3) is 0 Å². The van der Waals surface area contributed by atoms with Gasteiger partial charge >= 0.3 is 0 Å². The van der Waals surface area contributed by atoms with Crippen molar-refractivity contribution in [3.8, 4) is 0 Å². The van der Waals surface area contributed by atoms with Crippen molar-refractivity contribution in [2.75, 3.05) is 6.61 Å². The van der Waals surface area contributed by atoms with Crippen LogP contribution in [0.15, 0.2) is 12.3 Å². The summed E-state index contributed by atoms with van der Waals surface area (Å²) in [5.41, 5.74) is 0.244. The molecule has 78 valence electrons. The van der Waals surface area contributed by atoms with Gasteiger partial charge in [-0.1, -0.05) is 23.2 Å². The summed E-state index contributed by atoms with van der Waals surface area (Å²) < 4.78 is 0. The zero-order valence-corrected chi connectivity index (χ0v) is 8.57. The van der Waals surface area contributed by atoms with Gasteiger partial charge in [0, 0.05) is 11.8 Å². The summed E-state index contributed by atoms with van der Waals surface area (Å²) in [5, 5.41) is 27.4. The Kier molecular flexibility index (Phi) is 4.10. The van der Waals surface area contributed by atoms with Gasteiger partial charge < -0.3 is 15.3 Å². The molecular formula is C8H9Cl2NO3. The summed E-state index contributed by atoms with van der Waals surface area (Å²) in [4.78, 5) is 3.69. The molecule has 4 nitrogen and oxygen atoms in total. The van der Waals surface area contributed by atoms with E-state index >= 15 is 0 Å². The molecule has 0 spiro atoms. The van der Waals surface area contributed by atoms with Crippen LogP contribution in [0.1, 0.15) is 11.7 Å². The highest BCUT2D eigenvalue weighted by Crippen LogP contribution is 2.29. The molecule has 1 heterocycles. The maximum atomic E-state index is 9.51. The Morgan fingerprint density at radius 2 is 2.00 bits per heavy atom. The molecular weight excluding hydrogens is 229 g/mol. The molecule has 0 aliphatic rings. The lowest BCUT2D eigenvalue weighted by Crippen LogP contribution is -2.22. The minimum absolute atomic E-state index is 0.0494. The van der Waals surface area contributed by atoms with Crippen molar-refractivity contribution in [3.05, 3.63) is 28.0 Å². The molecule has 1 aromatic rings. The number of rotatable bonds is 3. The summed E-state index contributed by atoms with van der Waals surface area (Å²) in [7, 11) is 0. The SMILES string of the molecule is OCC(O)C(O)c1ccnc(Cl)c1Cl. The summed E-state index contributed by atoms with van der Waals surface area (Å²) in [6.07, 6.45) is -1.20. The quantitative estimate of drug-likeness (QED) is 0.680. The normalized spacial score (nSPS) is 15.2. The van der Waals surface area contributed by atoms with E-state index in [1.165, 1.54) is 12.3 Å². The number of hydrogen-bond acceptors (Lipinski definition) is 4. The van der Waals surface area contributed by atoms with Crippen molar-refractivity contribution in [2.24, 2.45) is 0 Å². The third-order valence-electron chi connectivity index (χ3n) is 1.75. The highest BCUT2D eigenvalue weighted by atomic mass is 35.5. The molecule has 0 saturated heterocycles. The Morgan fingerprint density at radius 3 is 2.57 bits per heavy atom.